The van der Waals surface area contributed by atoms with Gasteiger partial charge in [0.2, 0.25) is 0 Å². The van der Waals surface area contributed by atoms with Crippen LogP contribution in [0.25, 0.3) is 0 Å². The van der Waals surface area contributed by atoms with Gasteiger partial charge in [0, 0.05) is 17.7 Å². The van der Waals surface area contributed by atoms with Gasteiger partial charge in [-0.2, -0.15) is 11.8 Å². The molecule has 1 aromatic carbocycles. The van der Waals surface area contributed by atoms with E-state index in [2.05, 4.69) is 41.2 Å². The number of rotatable bonds is 4. The third kappa shape index (κ3) is 2.93. The van der Waals surface area contributed by atoms with Gasteiger partial charge in [0.05, 0.1) is 0 Å². The molecule has 15 heavy (non-hydrogen) atoms. The maximum absolute atomic E-state index is 4.33. The van der Waals surface area contributed by atoms with Crippen LogP contribution in [0.3, 0.4) is 0 Å². The topological polar surface area (TPSA) is 24.7 Å². The SMILES string of the molecule is C[C@@]1(CSCc2ccccc2)C=NC=N1. The van der Waals surface area contributed by atoms with Crippen LogP contribution in [0.1, 0.15) is 12.5 Å². The molecule has 0 amide bonds. The van der Waals surface area contributed by atoms with Crippen LogP contribution in [-0.4, -0.2) is 23.8 Å². The number of benzene rings is 1. The molecule has 1 aromatic rings. The molecule has 0 fully saturated rings. The maximum Gasteiger partial charge on any atom is 0.110 e. The highest BCUT2D eigenvalue weighted by molar-refractivity contribution is 7.98. The maximum atomic E-state index is 4.33. The van der Waals surface area contributed by atoms with Crippen LogP contribution in [0, 0.1) is 0 Å². The molecule has 2 nitrogen and oxygen atoms in total. The van der Waals surface area contributed by atoms with E-state index in [9.17, 15) is 0 Å². The fourth-order valence-corrected chi connectivity index (χ4v) is 2.51. The van der Waals surface area contributed by atoms with Crippen molar-refractivity contribution in [3.05, 3.63) is 35.9 Å². The minimum Gasteiger partial charge on any atom is -0.261 e. The summed E-state index contributed by atoms with van der Waals surface area (Å²) in [6.07, 6.45) is 3.56. The largest absolute Gasteiger partial charge is 0.261 e. The predicted molar refractivity (Wildman–Crippen MR) is 68.0 cm³/mol. The lowest BCUT2D eigenvalue weighted by molar-refractivity contribution is 0.746. The third-order valence-electron chi connectivity index (χ3n) is 2.28. The minimum atomic E-state index is -0.0839. The molecule has 1 aliphatic rings. The van der Waals surface area contributed by atoms with E-state index < -0.39 is 0 Å². The van der Waals surface area contributed by atoms with Crippen LogP contribution in [0.5, 0.6) is 0 Å². The van der Waals surface area contributed by atoms with Gasteiger partial charge in [0.1, 0.15) is 11.9 Å². The van der Waals surface area contributed by atoms with Gasteiger partial charge in [0.15, 0.2) is 0 Å². The van der Waals surface area contributed by atoms with Crippen molar-refractivity contribution in [2.24, 2.45) is 9.98 Å². The third-order valence-corrected chi connectivity index (χ3v) is 3.60. The fraction of sp³-hybridized carbons (Fsp3) is 0.333. The normalized spacial score (nSPS) is 23.5. The molecule has 0 saturated carbocycles. The molecule has 2 rings (SSSR count). The van der Waals surface area contributed by atoms with E-state index in [1.54, 1.807) is 6.34 Å². The van der Waals surface area contributed by atoms with Gasteiger partial charge in [-0.25, -0.2) is 4.99 Å². The van der Waals surface area contributed by atoms with Gasteiger partial charge in [-0.05, 0) is 12.5 Å². The zero-order valence-electron chi connectivity index (χ0n) is 8.76. The molecule has 1 heterocycles. The van der Waals surface area contributed by atoms with E-state index in [0.717, 1.165) is 11.5 Å². The molecule has 78 valence electrons. The lowest BCUT2D eigenvalue weighted by Gasteiger charge is -2.15. The van der Waals surface area contributed by atoms with E-state index in [4.69, 9.17) is 0 Å². The number of aliphatic imine (C=N–C) groups is 2. The molecule has 1 aliphatic heterocycles. The summed E-state index contributed by atoms with van der Waals surface area (Å²) in [5.41, 5.74) is 1.28. The second-order valence-electron chi connectivity index (χ2n) is 3.86. The van der Waals surface area contributed by atoms with Gasteiger partial charge in [0.25, 0.3) is 0 Å². The molecule has 0 bridgehead atoms. The molecule has 1 atom stereocenters. The van der Waals surface area contributed by atoms with E-state index in [1.807, 2.05) is 24.0 Å². The summed E-state index contributed by atoms with van der Waals surface area (Å²) in [7, 11) is 0. The van der Waals surface area contributed by atoms with E-state index >= 15 is 0 Å². The van der Waals surface area contributed by atoms with Crippen molar-refractivity contribution in [2.75, 3.05) is 5.75 Å². The molecule has 0 saturated heterocycles. The Morgan fingerprint density at radius 2 is 2.07 bits per heavy atom. The summed E-state index contributed by atoms with van der Waals surface area (Å²) in [4.78, 5) is 8.36. The Hall–Kier alpha value is -1.09. The second-order valence-corrected chi connectivity index (χ2v) is 4.84. The van der Waals surface area contributed by atoms with Crippen molar-refractivity contribution < 1.29 is 0 Å². The predicted octanol–water partition coefficient (Wildman–Crippen LogP) is 2.79. The van der Waals surface area contributed by atoms with Crippen molar-refractivity contribution >= 4 is 24.3 Å². The molecule has 3 heteroatoms. The number of thioether (sulfide) groups is 1. The molecule has 0 aliphatic carbocycles. The Kier molecular flexibility index (Phi) is 3.21. The van der Waals surface area contributed by atoms with Crippen molar-refractivity contribution in [2.45, 2.75) is 18.2 Å². The highest BCUT2D eigenvalue weighted by Gasteiger charge is 2.22. The van der Waals surface area contributed by atoms with Crippen LogP contribution in [0.2, 0.25) is 0 Å². The first kappa shape index (κ1) is 10.4. The molecular formula is C12H14N2S. The van der Waals surface area contributed by atoms with Gasteiger partial charge in [-0.15, -0.1) is 0 Å². The van der Waals surface area contributed by atoms with Crippen LogP contribution in [0.15, 0.2) is 40.3 Å². The monoisotopic (exact) mass is 218 g/mol. The Labute approximate surface area is 94.5 Å². The van der Waals surface area contributed by atoms with Crippen molar-refractivity contribution in [3.8, 4) is 0 Å². The molecule has 0 N–H and O–H groups in total. The average molecular weight is 218 g/mol. The van der Waals surface area contributed by atoms with E-state index in [-0.39, 0.29) is 5.54 Å². The zero-order chi connectivity index (χ0) is 10.6. The summed E-state index contributed by atoms with van der Waals surface area (Å²) >= 11 is 1.90. The first-order chi connectivity index (χ1) is 7.29. The van der Waals surface area contributed by atoms with Crippen molar-refractivity contribution in [3.63, 3.8) is 0 Å². The minimum absolute atomic E-state index is 0.0839. The number of hydrogen-bond acceptors (Lipinski definition) is 3. The molecule has 0 radical (unpaired) electrons. The summed E-state index contributed by atoms with van der Waals surface area (Å²) in [6.45, 7) is 2.11. The van der Waals surface area contributed by atoms with Gasteiger partial charge < -0.3 is 0 Å². The highest BCUT2D eigenvalue weighted by atomic mass is 32.2. The summed E-state index contributed by atoms with van der Waals surface area (Å²) in [5, 5.41) is 0. The van der Waals surface area contributed by atoms with Crippen LogP contribution in [-0.2, 0) is 5.75 Å². The lowest BCUT2D eigenvalue weighted by Crippen LogP contribution is -2.24. The Morgan fingerprint density at radius 3 is 2.73 bits per heavy atom. The zero-order valence-corrected chi connectivity index (χ0v) is 9.57. The summed E-state index contributed by atoms with van der Waals surface area (Å²) < 4.78 is 0. The van der Waals surface area contributed by atoms with Crippen LogP contribution < -0.4 is 0 Å². The highest BCUT2D eigenvalue weighted by Crippen LogP contribution is 2.21. The first-order valence-corrected chi connectivity index (χ1v) is 6.14. The smallest absolute Gasteiger partial charge is 0.110 e. The Balaban J connectivity index is 1.81. The molecular weight excluding hydrogens is 204 g/mol. The van der Waals surface area contributed by atoms with Crippen LogP contribution >= 0.6 is 11.8 Å². The lowest BCUT2D eigenvalue weighted by atomic mass is 10.1. The quantitative estimate of drug-likeness (QED) is 0.762. The van der Waals surface area contributed by atoms with Crippen molar-refractivity contribution in [1.29, 1.82) is 0 Å². The molecule has 0 spiro atoms. The van der Waals surface area contributed by atoms with Gasteiger partial charge in [-0.3, -0.25) is 4.99 Å². The molecule has 0 unspecified atom stereocenters. The van der Waals surface area contributed by atoms with Gasteiger partial charge >= 0.3 is 0 Å². The first-order valence-electron chi connectivity index (χ1n) is 4.98. The number of nitrogens with zero attached hydrogens (tertiary/aromatic N) is 2. The molecule has 0 aromatic heterocycles. The standard InChI is InChI=1S/C12H14N2S/c1-12(8-13-10-14-12)9-15-7-11-5-3-2-4-6-11/h2-6,8,10H,7,9H2,1H3/t12-/m0/s1. The van der Waals surface area contributed by atoms with Crippen molar-refractivity contribution in [1.82, 2.24) is 0 Å². The fourth-order valence-electron chi connectivity index (χ4n) is 1.42. The summed E-state index contributed by atoms with van der Waals surface area (Å²) in [6, 6.07) is 10.5. The van der Waals surface area contributed by atoms with E-state index in [0.29, 0.717) is 0 Å². The Morgan fingerprint density at radius 1 is 1.27 bits per heavy atom. The van der Waals surface area contributed by atoms with E-state index in [1.165, 1.54) is 5.56 Å². The number of hydrogen-bond donors (Lipinski definition) is 0. The second kappa shape index (κ2) is 4.62. The average Bonchev–Trinajstić information content (AvgIpc) is 2.67. The van der Waals surface area contributed by atoms with Crippen LogP contribution in [0.4, 0.5) is 0 Å². The Bertz CT molecular complexity index is 358. The van der Waals surface area contributed by atoms with Gasteiger partial charge in [-0.1, -0.05) is 30.3 Å². The summed E-state index contributed by atoms with van der Waals surface area (Å²) in [5.74, 6) is 2.03.